The van der Waals surface area contributed by atoms with Crippen molar-refractivity contribution in [2.75, 3.05) is 4.90 Å². The highest BCUT2D eigenvalue weighted by Crippen LogP contribution is 2.53. The van der Waals surface area contributed by atoms with Gasteiger partial charge in [0.2, 0.25) is 0 Å². The summed E-state index contributed by atoms with van der Waals surface area (Å²) in [4.78, 5) is 2.40. The van der Waals surface area contributed by atoms with Gasteiger partial charge in [0.15, 0.2) is 0 Å². The van der Waals surface area contributed by atoms with Crippen LogP contribution in [0.3, 0.4) is 0 Å². The van der Waals surface area contributed by atoms with Gasteiger partial charge in [0, 0.05) is 33.3 Å². The van der Waals surface area contributed by atoms with Crippen molar-refractivity contribution in [2.24, 2.45) is 0 Å². The summed E-state index contributed by atoms with van der Waals surface area (Å²) in [6, 6.07) is 60.9. The molecule has 0 fully saturated rings. The lowest BCUT2D eigenvalue weighted by Gasteiger charge is -2.31. The van der Waals surface area contributed by atoms with E-state index in [0.717, 1.165) is 17.8 Å². The molecule has 0 amide bonds. The van der Waals surface area contributed by atoms with Crippen molar-refractivity contribution in [3.05, 3.63) is 215 Å². The van der Waals surface area contributed by atoms with Crippen molar-refractivity contribution in [3.63, 3.8) is 0 Å². The first-order chi connectivity index (χ1) is 27.1. The highest BCUT2D eigenvalue weighted by atomic mass is 15.1. The molecule has 0 N–H and O–H groups in total. The molecule has 1 nitrogen and oxygen atoms in total. The van der Waals surface area contributed by atoms with E-state index in [1.807, 2.05) is 0 Å². The highest BCUT2D eigenvalue weighted by Gasteiger charge is 2.38. The van der Waals surface area contributed by atoms with Crippen LogP contribution in [0.15, 0.2) is 182 Å². The molecule has 0 heterocycles. The van der Waals surface area contributed by atoms with Crippen molar-refractivity contribution in [2.45, 2.75) is 57.3 Å². The van der Waals surface area contributed by atoms with Crippen molar-refractivity contribution in [3.8, 4) is 33.4 Å². The fraction of sp³-hybridized carbons (Fsp3) is 0.164. The molecule has 0 aromatic heterocycles. The first-order valence-corrected chi connectivity index (χ1v) is 20.1. The predicted molar refractivity (Wildman–Crippen MR) is 237 cm³/mol. The first-order valence-electron chi connectivity index (χ1n) is 20.1. The molecular weight excluding hydrogens is 675 g/mol. The van der Waals surface area contributed by atoms with E-state index in [-0.39, 0.29) is 16.2 Å². The van der Waals surface area contributed by atoms with Gasteiger partial charge in [-0.3, -0.25) is 0 Å². The highest BCUT2D eigenvalue weighted by molar-refractivity contribution is 5.87. The van der Waals surface area contributed by atoms with Crippen LogP contribution in [-0.2, 0) is 16.2 Å². The van der Waals surface area contributed by atoms with Crippen LogP contribution >= 0.6 is 0 Å². The van der Waals surface area contributed by atoms with E-state index < -0.39 is 0 Å². The van der Waals surface area contributed by atoms with Crippen LogP contribution in [0.2, 0.25) is 0 Å². The van der Waals surface area contributed by atoms with Gasteiger partial charge in [0.05, 0.1) is 0 Å². The maximum atomic E-state index is 2.49. The first kappa shape index (κ1) is 34.3. The van der Waals surface area contributed by atoms with Gasteiger partial charge in [-0.2, -0.15) is 0 Å². The Morgan fingerprint density at radius 2 is 0.946 bits per heavy atom. The van der Waals surface area contributed by atoms with Gasteiger partial charge in [-0.25, -0.2) is 0 Å². The summed E-state index contributed by atoms with van der Waals surface area (Å²) >= 11 is 0. The van der Waals surface area contributed by atoms with Gasteiger partial charge in [0.25, 0.3) is 0 Å². The van der Waals surface area contributed by atoms with Crippen LogP contribution in [0.25, 0.3) is 39.0 Å². The Hall–Kier alpha value is -6.18. The standard InChI is InChI=1S/C55H47N/c1-53(2)49-19-13-12-18-45(49)46-27-22-40(34-50(46)53)38-20-24-43(25-21-38)56(42-16-10-7-11-17-42)44-26-29-48-47-28-23-41(35-51(47)54(3,4)52(48)36-44)55(5)32-30-39(31-33-55)37-14-8-6-9-15-37/h6-32,34-36H,33H2,1-5H3. The summed E-state index contributed by atoms with van der Waals surface area (Å²) in [5.41, 5.74) is 20.7. The number of hydrogen-bond donors (Lipinski definition) is 0. The van der Waals surface area contributed by atoms with Crippen LogP contribution < -0.4 is 4.90 Å². The second-order valence-corrected chi connectivity index (χ2v) is 17.2. The Balaban J connectivity index is 0.975. The molecule has 272 valence electrons. The largest absolute Gasteiger partial charge is 0.310 e. The number of nitrogens with zero attached hydrogens (tertiary/aromatic N) is 1. The molecule has 0 aliphatic heterocycles. The molecule has 0 saturated heterocycles. The lowest BCUT2D eigenvalue weighted by atomic mass is 9.73. The van der Waals surface area contributed by atoms with Gasteiger partial charge in [-0.05, 0) is 121 Å². The maximum absolute atomic E-state index is 2.49. The van der Waals surface area contributed by atoms with Gasteiger partial charge in [0.1, 0.15) is 0 Å². The molecule has 0 spiro atoms. The Bertz CT molecular complexity index is 2710. The maximum Gasteiger partial charge on any atom is 0.0465 e. The Kier molecular flexibility index (Phi) is 7.77. The van der Waals surface area contributed by atoms with Gasteiger partial charge in [-0.1, -0.05) is 174 Å². The van der Waals surface area contributed by atoms with E-state index in [1.54, 1.807) is 0 Å². The van der Waals surface area contributed by atoms with Crippen molar-refractivity contribution < 1.29 is 0 Å². The number of rotatable bonds is 6. The number of allylic oxidation sites excluding steroid dienone is 4. The average Bonchev–Trinajstić information content (AvgIpc) is 3.61. The number of benzene rings is 7. The molecule has 10 rings (SSSR count). The van der Waals surface area contributed by atoms with Crippen LogP contribution in [0.4, 0.5) is 17.1 Å². The average molecular weight is 722 g/mol. The molecule has 0 radical (unpaired) electrons. The summed E-state index contributed by atoms with van der Waals surface area (Å²) in [6.45, 7) is 11.9. The predicted octanol–water partition coefficient (Wildman–Crippen LogP) is 14.7. The number of para-hydroxylation sites is 1. The van der Waals surface area contributed by atoms with E-state index >= 15 is 0 Å². The summed E-state index contributed by atoms with van der Waals surface area (Å²) in [7, 11) is 0. The van der Waals surface area contributed by atoms with E-state index in [1.165, 1.54) is 78.0 Å². The second kappa shape index (κ2) is 12.7. The van der Waals surface area contributed by atoms with Crippen LogP contribution in [0, 0.1) is 0 Å². The minimum Gasteiger partial charge on any atom is -0.310 e. The fourth-order valence-corrected chi connectivity index (χ4v) is 9.72. The molecule has 3 aliphatic rings. The molecule has 0 saturated carbocycles. The second-order valence-electron chi connectivity index (χ2n) is 17.2. The molecule has 7 aromatic rings. The quantitative estimate of drug-likeness (QED) is 0.165. The number of hydrogen-bond acceptors (Lipinski definition) is 1. The SMILES string of the molecule is CC1(c2ccc3c(c2)C(C)(C)c2cc(N(c4ccccc4)c4ccc(-c5ccc6c(c5)C(C)(C)c5ccccc5-6)cc4)ccc2-3)C=CC(c2ccccc2)=CC1. The van der Waals surface area contributed by atoms with Crippen molar-refractivity contribution in [1.82, 2.24) is 0 Å². The summed E-state index contributed by atoms with van der Waals surface area (Å²) in [5, 5.41) is 0. The Morgan fingerprint density at radius 3 is 1.66 bits per heavy atom. The number of fused-ring (bicyclic) bond motifs is 6. The van der Waals surface area contributed by atoms with Crippen LogP contribution in [0.5, 0.6) is 0 Å². The molecule has 56 heavy (non-hydrogen) atoms. The van der Waals surface area contributed by atoms with Gasteiger partial charge < -0.3 is 4.90 Å². The summed E-state index contributed by atoms with van der Waals surface area (Å²) < 4.78 is 0. The van der Waals surface area contributed by atoms with Crippen LogP contribution in [0.1, 0.15) is 74.4 Å². The topological polar surface area (TPSA) is 3.24 Å². The zero-order valence-electron chi connectivity index (χ0n) is 33.0. The molecule has 3 aliphatic carbocycles. The summed E-state index contributed by atoms with van der Waals surface area (Å²) in [5.74, 6) is 0. The molecule has 1 unspecified atom stereocenters. The Morgan fingerprint density at radius 1 is 0.411 bits per heavy atom. The monoisotopic (exact) mass is 721 g/mol. The zero-order valence-corrected chi connectivity index (χ0v) is 33.0. The number of anilines is 3. The third kappa shape index (κ3) is 5.36. The normalized spacial score (nSPS) is 18.1. The minimum absolute atomic E-state index is 0.0244. The third-order valence-corrected chi connectivity index (χ3v) is 13.1. The fourth-order valence-electron chi connectivity index (χ4n) is 9.72. The van der Waals surface area contributed by atoms with Crippen molar-refractivity contribution >= 4 is 22.6 Å². The zero-order chi connectivity index (χ0) is 38.2. The molecule has 1 atom stereocenters. The smallest absolute Gasteiger partial charge is 0.0465 e. The lowest BCUT2D eigenvalue weighted by Crippen LogP contribution is -2.22. The molecule has 0 bridgehead atoms. The van der Waals surface area contributed by atoms with E-state index in [9.17, 15) is 0 Å². The van der Waals surface area contributed by atoms with Crippen molar-refractivity contribution in [1.29, 1.82) is 0 Å². The third-order valence-electron chi connectivity index (χ3n) is 13.1. The summed E-state index contributed by atoms with van der Waals surface area (Å²) in [6.07, 6.45) is 8.12. The van der Waals surface area contributed by atoms with Gasteiger partial charge >= 0.3 is 0 Å². The van der Waals surface area contributed by atoms with E-state index in [4.69, 9.17) is 0 Å². The Labute approximate surface area is 332 Å². The molecule has 1 heteroatoms. The van der Waals surface area contributed by atoms with Gasteiger partial charge in [-0.15, -0.1) is 0 Å². The molecular formula is C55H47N. The molecule has 7 aromatic carbocycles. The van der Waals surface area contributed by atoms with Crippen LogP contribution in [-0.4, -0.2) is 0 Å². The minimum atomic E-state index is -0.149. The van der Waals surface area contributed by atoms with E-state index in [2.05, 4.69) is 222 Å². The lowest BCUT2D eigenvalue weighted by molar-refractivity contribution is 0.595. The van der Waals surface area contributed by atoms with E-state index in [0.29, 0.717) is 0 Å².